The van der Waals surface area contributed by atoms with Gasteiger partial charge in [-0.15, -0.1) is 5.75 Å². The fraction of sp³-hybridized carbons (Fsp3) is 0.364. The van der Waals surface area contributed by atoms with Crippen molar-refractivity contribution < 1.29 is 19.7 Å². The Labute approximate surface area is 299 Å². The molecule has 0 spiro atoms. The molecule has 1 aliphatic carbocycles. The van der Waals surface area contributed by atoms with Crippen molar-refractivity contribution in [2.75, 3.05) is 0 Å². The van der Waals surface area contributed by atoms with Crippen LogP contribution >= 0.6 is 0 Å². The van der Waals surface area contributed by atoms with Gasteiger partial charge in [0, 0.05) is 0 Å². The Morgan fingerprint density at radius 1 is 0.694 bits per heavy atom. The Bertz CT molecular complexity index is 1910. The van der Waals surface area contributed by atoms with Crippen molar-refractivity contribution in [2.45, 2.75) is 93.9 Å². The predicted octanol–water partition coefficient (Wildman–Crippen LogP) is 9.81. The SMILES string of the molecule is CC(C)(C)C1=CC(C=C2C(=O)C(C=C3C=C(c4ccccc4)OC(c4cc(C(C)(C)C)c([O-])c(C(C)(C)C)c4)=C3)=C2O)=CC(C(C)(C)C)=[Se]1. The van der Waals surface area contributed by atoms with Gasteiger partial charge in [0.05, 0.1) is 0 Å². The van der Waals surface area contributed by atoms with Gasteiger partial charge in [-0.3, -0.25) is 0 Å². The topological polar surface area (TPSA) is 69.6 Å². The molecule has 5 rings (SSSR count). The maximum absolute atomic E-state index is 13.7. The number of allylic oxidation sites excluding steroid dienone is 11. The fourth-order valence-electron chi connectivity index (χ4n) is 5.77. The van der Waals surface area contributed by atoms with Crippen LogP contribution < -0.4 is 5.11 Å². The number of ether oxygens (including phenoxy) is 1. The number of aliphatic hydroxyl groups excluding tert-OH is 1. The molecule has 0 fully saturated rings. The average molecular weight is 722 g/mol. The van der Waals surface area contributed by atoms with Gasteiger partial charge in [-0.05, 0) is 34.1 Å². The van der Waals surface area contributed by atoms with Crippen LogP contribution in [0.3, 0.4) is 0 Å². The number of carbonyl (C=O) groups is 1. The summed E-state index contributed by atoms with van der Waals surface area (Å²) >= 11 is 0.223. The van der Waals surface area contributed by atoms with Crippen molar-refractivity contribution in [1.29, 1.82) is 0 Å². The summed E-state index contributed by atoms with van der Waals surface area (Å²) in [6, 6.07) is 13.7. The first-order chi connectivity index (χ1) is 22.5. The first-order valence-corrected chi connectivity index (χ1v) is 18.7. The second-order valence-corrected chi connectivity index (χ2v) is 19.6. The van der Waals surface area contributed by atoms with E-state index in [1.807, 2.05) is 102 Å². The molecule has 4 nitrogen and oxygen atoms in total. The third kappa shape index (κ3) is 7.79. The van der Waals surface area contributed by atoms with Gasteiger partial charge in [0.15, 0.2) is 0 Å². The summed E-state index contributed by atoms with van der Waals surface area (Å²) in [4.78, 5) is 13.6. The average Bonchev–Trinajstić information content (AvgIpc) is 3.00. The molecule has 2 aromatic carbocycles. The van der Waals surface area contributed by atoms with Crippen LogP contribution in [0.4, 0.5) is 0 Å². The first kappa shape index (κ1) is 36.4. The van der Waals surface area contributed by atoms with Gasteiger partial charge in [0.1, 0.15) is 0 Å². The van der Waals surface area contributed by atoms with Crippen LogP contribution in [0.2, 0.25) is 0 Å². The number of aliphatic hydroxyl groups is 1. The van der Waals surface area contributed by atoms with E-state index in [0.717, 1.165) is 27.8 Å². The Morgan fingerprint density at radius 3 is 1.73 bits per heavy atom. The normalized spacial score (nSPS) is 19.2. The fourth-order valence-corrected chi connectivity index (χ4v) is 8.37. The molecule has 0 aromatic heterocycles. The number of hydrogen-bond acceptors (Lipinski definition) is 4. The van der Waals surface area contributed by atoms with E-state index < -0.39 is 0 Å². The van der Waals surface area contributed by atoms with Crippen LogP contribution in [0, 0.1) is 10.8 Å². The summed E-state index contributed by atoms with van der Waals surface area (Å²) in [6.07, 6.45) is 11.7. The van der Waals surface area contributed by atoms with E-state index in [-0.39, 0.29) is 59.0 Å². The Hall–Kier alpha value is -3.92. The third-order valence-electron chi connectivity index (χ3n) is 8.78. The summed E-state index contributed by atoms with van der Waals surface area (Å²) in [5, 5.41) is 24.9. The minimum absolute atomic E-state index is 0.00523. The molecule has 5 heteroatoms. The second-order valence-electron chi connectivity index (χ2n) is 17.3. The van der Waals surface area contributed by atoms with E-state index in [2.05, 4.69) is 53.7 Å². The zero-order valence-electron chi connectivity index (χ0n) is 31.1. The van der Waals surface area contributed by atoms with Crippen molar-refractivity contribution in [3.63, 3.8) is 0 Å². The summed E-state index contributed by atoms with van der Waals surface area (Å²) < 4.78 is 9.27. The summed E-state index contributed by atoms with van der Waals surface area (Å²) in [6.45, 7) is 25.6. The van der Waals surface area contributed by atoms with Gasteiger partial charge in [-0.2, -0.15) is 0 Å². The molecule has 1 N–H and O–H groups in total. The standard InChI is InChI=1S/C44H51O4Se/c1-41(2,3)32-24-29(25-33(40(32)47)42(4,5)6)35-21-26(20-34(48-35)28-16-14-13-15-17-28)18-30-38(45)31(39(30)46)19-27-22-36(43(7,8)9)49-37(23-27)44(10,11)12/h13-25,45,47H,1-12H3/p-1. The van der Waals surface area contributed by atoms with Gasteiger partial charge < -0.3 is 5.11 Å². The summed E-state index contributed by atoms with van der Waals surface area (Å²) in [7, 11) is 0. The van der Waals surface area contributed by atoms with E-state index in [0.29, 0.717) is 22.7 Å². The molecule has 0 bridgehead atoms. The number of Topliss-reactive ketones (excluding diaryl/α,β-unsaturated/α-hetero) is 1. The number of ketones is 1. The van der Waals surface area contributed by atoms with Crippen LogP contribution in [-0.2, 0) is 20.4 Å². The molecule has 2 aliphatic heterocycles. The van der Waals surface area contributed by atoms with Crippen LogP contribution in [0.5, 0.6) is 5.75 Å². The van der Waals surface area contributed by atoms with E-state index in [1.165, 1.54) is 8.89 Å². The van der Waals surface area contributed by atoms with Gasteiger partial charge in [-0.1, -0.05) is 71.9 Å². The molecule has 0 unspecified atom stereocenters. The van der Waals surface area contributed by atoms with Crippen molar-refractivity contribution in [3.05, 3.63) is 134 Å². The zero-order chi connectivity index (χ0) is 36.3. The molecular formula is C44H50O4Se-. The molecule has 2 aromatic rings. The summed E-state index contributed by atoms with van der Waals surface area (Å²) in [5.74, 6) is 1.05. The van der Waals surface area contributed by atoms with E-state index in [4.69, 9.17) is 4.74 Å². The van der Waals surface area contributed by atoms with Gasteiger partial charge in [0.2, 0.25) is 0 Å². The number of rotatable bonds is 4. The first-order valence-electron chi connectivity index (χ1n) is 17.0. The monoisotopic (exact) mass is 722 g/mol. The van der Waals surface area contributed by atoms with Crippen LogP contribution in [0.15, 0.2) is 111 Å². The van der Waals surface area contributed by atoms with Gasteiger partial charge >= 0.3 is 183 Å². The number of carbonyl (C=O) groups excluding carboxylic acids is 1. The molecule has 1 radical (unpaired) electrons. The predicted molar refractivity (Wildman–Crippen MR) is 203 cm³/mol. The Morgan fingerprint density at radius 2 is 1.24 bits per heavy atom. The van der Waals surface area contributed by atoms with Crippen LogP contribution in [0.1, 0.15) is 105 Å². The molecule has 0 amide bonds. The van der Waals surface area contributed by atoms with Crippen LogP contribution in [0.25, 0.3) is 11.5 Å². The third-order valence-corrected chi connectivity index (χ3v) is 12.8. The maximum atomic E-state index is 13.7. The van der Waals surface area contributed by atoms with E-state index >= 15 is 0 Å². The summed E-state index contributed by atoms with van der Waals surface area (Å²) in [5.41, 5.74) is 4.63. The molecular weight excluding hydrogens is 671 g/mol. The Balaban J connectivity index is 1.62. The number of hydrogen-bond donors (Lipinski definition) is 1. The van der Waals surface area contributed by atoms with Crippen LogP contribution in [-0.4, -0.2) is 29.8 Å². The second kappa shape index (κ2) is 12.8. The van der Waals surface area contributed by atoms with E-state index in [9.17, 15) is 15.0 Å². The molecule has 2 heterocycles. The Kier molecular flexibility index (Phi) is 9.47. The molecule has 49 heavy (non-hydrogen) atoms. The quantitative estimate of drug-likeness (QED) is 0.252. The van der Waals surface area contributed by atoms with Gasteiger partial charge in [0.25, 0.3) is 0 Å². The molecule has 3 aliphatic rings. The van der Waals surface area contributed by atoms with Crippen molar-refractivity contribution in [3.8, 4) is 5.75 Å². The van der Waals surface area contributed by atoms with Crippen molar-refractivity contribution in [1.82, 2.24) is 0 Å². The molecule has 0 saturated heterocycles. The molecule has 0 atom stereocenters. The molecule has 0 saturated carbocycles. The van der Waals surface area contributed by atoms with E-state index in [1.54, 1.807) is 6.08 Å². The van der Waals surface area contributed by atoms with Gasteiger partial charge in [-0.25, -0.2) is 0 Å². The van der Waals surface area contributed by atoms with Crippen molar-refractivity contribution in [2.24, 2.45) is 10.8 Å². The minimum atomic E-state index is -0.375. The molecule has 257 valence electrons. The van der Waals surface area contributed by atoms with Crippen molar-refractivity contribution >= 4 is 36.2 Å². The number of benzene rings is 2. The zero-order valence-corrected chi connectivity index (χ0v) is 32.8.